The number of para-hydroxylation sites is 5. The highest BCUT2D eigenvalue weighted by molar-refractivity contribution is 5.84. The zero-order chi connectivity index (χ0) is 32.6. The number of hydrogen-bond acceptors (Lipinski definition) is 2. The Balaban J connectivity index is 1.10. The molecule has 234 valence electrons. The van der Waals surface area contributed by atoms with Crippen LogP contribution < -0.4 is 9.72 Å². The van der Waals surface area contributed by atoms with Crippen molar-refractivity contribution >= 4 is 27.6 Å². The molecule has 1 unspecified atom stereocenters. The molecule has 0 saturated carbocycles. The maximum Gasteiger partial charge on any atom is 0.287 e. The van der Waals surface area contributed by atoms with Crippen LogP contribution >= 0.6 is 0 Å². The van der Waals surface area contributed by atoms with Crippen molar-refractivity contribution in [1.29, 1.82) is 0 Å². The molecule has 0 spiro atoms. The molecule has 3 heterocycles. The monoisotopic (exact) mass is 625 g/mol. The van der Waals surface area contributed by atoms with E-state index in [0.717, 1.165) is 79.5 Å². The Morgan fingerprint density at radius 1 is 0.708 bits per heavy atom. The average molecular weight is 626 g/mol. The minimum absolute atomic E-state index is 0.111. The molecule has 1 N–H and O–H groups in total. The number of nitrogens with one attached hydrogen (secondary N) is 1. The van der Waals surface area contributed by atoms with Gasteiger partial charge in [0.2, 0.25) is 0 Å². The summed E-state index contributed by atoms with van der Waals surface area (Å²) in [4.78, 5) is 8.51. The quantitative estimate of drug-likeness (QED) is 0.196. The predicted molar refractivity (Wildman–Crippen MR) is 194 cm³/mol. The fraction of sp³-hybridized carbons (Fsp3) is 0.163. The molecule has 5 aromatic carbocycles. The zero-order valence-electron chi connectivity index (χ0n) is 27.7. The number of aromatic nitrogens is 4. The van der Waals surface area contributed by atoms with E-state index in [0.29, 0.717) is 0 Å². The molecule has 0 fully saturated rings. The summed E-state index contributed by atoms with van der Waals surface area (Å²) in [7, 11) is 4.19. The van der Waals surface area contributed by atoms with Crippen molar-refractivity contribution in [1.82, 2.24) is 14.1 Å². The molecule has 0 amide bonds. The molecule has 5 heteroatoms. The Morgan fingerprint density at radius 2 is 1.40 bits per heavy atom. The van der Waals surface area contributed by atoms with E-state index in [1.54, 1.807) is 0 Å². The standard InChI is InChI=1S/C43H36N4O/c1-43(2)33-13-9-11-31(27-19-23-29(24-20-27)41-44-35-15-5-7-17-37(35)46(41)3)39(33)48-40-32(12-10-14-34(40)43)28-21-25-30(26-22-28)42-45-36-16-6-8-18-38(36)47(42)4/h5-13,15-26,34H,14H2,1-4H3/p+1. The SMILES string of the molecule is Cn1c(-c2ccc(-c3cccc4c3OC3=C(c5ccc(-c6[nH+]c7ccccc7n6C)cc5)C=CCC3C4(C)C)cc2)nc2ccccc21. The van der Waals surface area contributed by atoms with Gasteiger partial charge >= 0.3 is 0 Å². The van der Waals surface area contributed by atoms with Crippen LogP contribution in [-0.2, 0) is 19.5 Å². The van der Waals surface area contributed by atoms with Gasteiger partial charge in [0.25, 0.3) is 5.82 Å². The van der Waals surface area contributed by atoms with Crippen LogP contribution in [0.2, 0.25) is 0 Å². The second kappa shape index (κ2) is 10.7. The van der Waals surface area contributed by atoms with Gasteiger partial charge < -0.3 is 9.30 Å². The molecule has 2 aromatic heterocycles. The lowest BCUT2D eigenvalue weighted by atomic mass is 9.66. The fourth-order valence-electron chi connectivity index (χ4n) is 7.84. The van der Waals surface area contributed by atoms with Crippen LogP contribution in [0.5, 0.6) is 5.75 Å². The number of H-pyrrole nitrogens is 1. The van der Waals surface area contributed by atoms with Crippen LogP contribution in [0.4, 0.5) is 0 Å². The predicted octanol–water partition coefficient (Wildman–Crippen LogP) is 9.54. The summed E-state index contributed by atoms with van der Waals surface area (Å²) in [6.45, 7) is 4.74. The lowest BCUT2D eigenvalue weighted by Gasteiger charge is -2.43. The number of nitrogens with zero attached hydrogens (tertiary/aromatic N) is 3. The van der Waals surface area contributed by atoms with Crippen LogP contribution in [0, 0.1) is 5.92 Å². The number of rotatable bonds is 4. The first-order chi connectivity index (χ1) is 23.4. The largest absolute Gasteiger partial charge is 0.460 e. The number of allylic oxidation sites excluding steroid dienone is 4. The Bertz CT molecular complexity index is 2440. The van der Waals surface area contributed by atoms with Crippen molar-refractivity contribution in [3.63, 3.8) is 0 Å². The van der Waals surface area contributed by atoms with Crippen molar-refractivity contribution in [3.05, 3.63) is 144 Å². The third kappa shape index (κ3) is 4.31. The average Bonchev–Trinajstić information content (AvgIpc) is 3.64. The van der Waals surface area contributed by atoms with E-state index < -0.39 is 0 Å². The van der Waals surface area contributed by atoms with E-state index in [1.165, 1.54) is 11.1 Å². The third-order valence-electron chi connectivity index (χ3n) is 10.6. The highest BCUT2D eigenvalue weighted by Gasteiger charge is 2.43. The number of aryl methyl sites for hydroxylation is 2. The highest BCUT2D eigenvalue weighted by atomic mass is 16.5. The summed E-state index contributed by atoms with van der Waals surface area (Å²) in [5.74, 6) is 4.31. The summed E-state index contributed by atoms with van der Waals surface area (Å²) in [6, 6.07) is 40.9. The maximum absolute atomic E-state index is 7.07. The zero-order valence-corrected chi connectivity index (χ0v) is 27.7. The van der Waals surface area contributed by atoms with Gasteiger partial charge in [-0.2, -0.15) is 0 Å². The second-order valence-corrected chi connectivity index (χ2v) is 13.7. The van der Waals surface area contributed by atoms with Crippen molar-refractivity contribution in [3.8, 4) is 39.7 Å². The molecule has 0 bridgehead atoms. The molecule has 0 saturated heterocycles. The minimum atomic E-state index is -0.111. The van der Waals surface area contributed by atoms with Gasteiger partial charge in [-0.25, -0.2) is 14.5 Å². The van der Waals surface area contributed by atoms with E-state index in [1.807, 2.05) is 6.07 Å². The summed E-state index contributed by atoms with van der Waals surface area (Å²) in [6.07, 6.45) is 5.51. The lowest BCUT2D eigenvalue weighted by molar-refractivity contribution is -0.332. The van der Waals surface area contributed by atoms with Crippen LogP contribution in [0.3, 0.4) is 0 Å². The molecule has 5 nitrogen and oxygen atoms in total. The molecule has 9 rings (SSSR count). The highest BCUT2D eigenvalue weighted by Crippen LogP contribution is 2.53. The molecule has 1 aliphatic heterocycles. The molecule has 7 aromatic rings. The van der Waals surface area contributed by atoms with Gasteiger partial charge in [-0.15, -0.1) is 0 Å². The summed E-state index contributed by atoms with van der Waals surface area (Å²) in [5.41, 5.74) is 12.4. The summed E-state index contributed by atoms with van der Waals surface area (Å²) in [5, 5.41) is 0. The van der Waals surface area contributed by atoms with E-state index >= 15 is 0 Å². The van der Waals surface area contributed by atoms with Crippen LogP contribution in [0.15, 0.2) is 133 Å². The number of benzene rings is 5. The van der Waals surface area contributed by atoms with Crippen molar-refractivity contribution in [2.75, 3.05) is 0 Å². The third-order valence-corrected chi connectivity index (χ3v) is 10.6. The van der Waals surface area contributed by atoms with Crippen LogP contribution in [0.1, 0.15) is 31.4 Å². The molecule has 48 heavy (non-hydrogen) atoms. The number of imidazole rings is 2. The molecule has 2 aliphatic rings. The van der Waals surface area contributed by atoms with E-state index in [2.05, 4.69) is 163 Å². The first-order valence-electron chi connectivity index (χ1n) is 16.7. The topological polar surface area (TPSA) is 46.1 Å². The van der Waals surface area contributed by atoms with Gasteiger partial charge in [-0.05, 0) is 53.9 Å². The maximum atomic E-state index is 7.07. The van der Waals surface area contributed by atoms with Crippen molar-refractivity contribution < 1.29 is 9.72 Å². The smallest absolute Gasteiger partial charge is 0.287 e. The Hall–Kier alpha value is -5.68. The van der Waals surface area contributed by atoms with E-state index in [-0.39, 0.29) is 11.3 Å². The van der Waals surface area contributed by atoms with Crippen molar-refractivity contribution in [2.45, 2.75) is 25.7 Å². The van der Waals surface area contributed by atoms with Gasteiger partial charge in [0.05, 0.1) is 23.6 Å². The molecule has 0 radical (unpaired) electrons. The van der Waals surface area contributed by atoms with Gasteiger partial charge in [-0.1, -0.05) is 105 Å². The number of hydrogen-bond donors (Lipinski definition) is 0. The van der Waals surface area contributed by atoms with Gasteiger partial charge in [0.15, 0.2) is 11.0 Å². The first kappa shape index (κ1) is 28.5. The summed E-state index contributed by atoms with van der Waals surface area (Å²) >= 11 is 0. The van der Waals surface area contributed by atoms with Gasteiger partial charge in [-0.3, -0.25) is 0 Å². The van der Waals surface area contributed by atoms with E-state index in [9.17, 15) is 0 Å². The van der Waals surface area contributed by atoms with Crippen molar-refractivity contribution in [2.24, 2.45) is 20.0 Å². The van der Waals surface area contributed by atoms with E-state index in [4.69, 9.17) is 9.72 Å². The van der Waals surface area contributed by atoms with Gasteiger partial charge in [0.1, 0.15) is 17.3 Å². The molecular formula is C43H37N4O+. The Labute approximate surface area is 280 Å². The normalized spacial score (nSPS) is 16.6. The van der Waals surface area contributed by atoms with Crippen LogP contribution in [-0.4, -0.2) is 14.1 Å². The van der Waals surface area contributed by atoms with Crippen LogP contribution in [0.25, 0.3) is 61.5 Å². The number of aromatic amines is 1. The minimum Gasteiger partial charge on any atom is -0.460 e. The molecule has 1 aliphatic carbocycles. The van der Waals surface area contributed by atoms with Gasteiger partial charge in [0, 0.05) is 40.6 Å². The lowest BCUT2D eigenvalue weighted by Crippen LogP contribution is -2.37. The molecule has 1 atom stereocenters. The number of fused-ring (bicyclic) bond motifs is 4. The molecular weight excluding hydrogens is 589 g/mol. The first-order valence-corrected chi connectivity index (χ1v) is 16.7. The Morgan fingerprint density at radius 3 is 2.17 bits per heavy atom. The second-order valence-electron chi connectivity index (χ2n) is 13.7. The number of ether oxygens (including phenoxy) is 1. The fourth-order valence-corrected chi connectivity index (χ4v) is 7.84. The Kier molecular flexibility index (Phi) is 6.35. The summed E-state index contributed by atoms with van der Waals surface area (Å²) < 4.78 is 11.5.